The Balaban J connectivity index is 0.000000187. The minimum absolute atomic E-state index is 0.0336. The summed E-state index contributed by atoms with van der Waals surface area (Å²) in [5.74, 6) is -1.76. The van der Waals surface area contributed by atoms with E-state index in [1.807, 2.05) is 6.07 Å². The van der Waals surface area contributed by atoms with Crippen molar-refractivity contribution in [3.05, 3.63) is 248 Å². The van der Waals surface area contributed by atoms with E-state index >= 15 is 8.78 Å². The molecule has 1 aliphatic rings. The zero-order chi connectivity index (χ0) is 61.8. The summed E-state index contributed by atoms with van der Waals surface area (Å²) >= 11 is 0. The Labute approximate surface area is 500 Å². The van der Waals surface area contributed by atoms with Crippen LogP contribution in [0.3, 0.4) is 0 Å². The number of nitrogens with zero attached hydrogens (tertiary/aromatic N) is 7. The van der Waals surface area contributed by atoms with Gasteiger partial charge in [0.15, 0.2) is 23.1 Å². The number of nitrogens with one attached hydrogen (secondary N) is 2. The molecule has 0 atom stereocenters. The molecule has 7 aromatic carbocycles. The Kier molecular flexibility index (Phi) is 16.5. The fourth-order valence-electron chi connectivity index (χ4n) is 10.3. The van der Waals surface area contributed by atoms with Gasteiger partial charge in [0, 0.05) is 71.9 Å². The van der Waals surface area contributed by atoms with E-state index in [9.17, 15) is 28.8 Å². The van der Waals surface area contributed by atoms with Crippen LogP contribution in [0.25, 0.3) is 33.2 Å². The number of methoxy groups -OCH3 is 2. The Hall–Kier alpha value is -11.5. The second kappa shape index (κ2) is 25.0. The molecular weight excluding hydrogens is 1130 g/mol. The third kappa shape index (κ3) is 11.4. The minimum atomic E-state index is -0.756. The van der Waals surface area contributed by atoms with E-state index in [1.165, 1.54) is 33.6 Å². The SMILES string of the molecule is COc1ccc2c(Oc3ccc(NC(=O)c4c(C)n(CCN)n(-c5ccccc5)c4=O)cc3F)ccnc2c1.COc1ccc2c(Oc3ccc(NC(=O)c4c(C)n(CCN5C(=O)c6ccccc6C5=O)n(-c5ccccc5)c4=O)cc3F)ccnc2c1. The van der Waals surface area contributed by atoms with E-state index in [0.717, 1.165) is 17.0 Å². The van der Waals surface area contributed by atoms with Crippen LogP contribution in [0.4, 0.5) is 20.2 Å². The molecule has 0 unspecified atom stereocenters. The van der Waals surface area contributed by atoms with E-state index in [2.05, 4.69) is 20.6 Å². The van der Waals surface area contributed by atoms with E-state index in [0.29, 0.717) is 85.2 Å². The first-order chi connectivity index (χ1) is 42.6. The zero-order valence-corrected chi connectivity index (χ0v) is 47.7. The fourth-order valence-corrected chi connectivity index (χ4v) is 10.3. The summed E-state index contributed by atoms with van der Waals surface area (Å²) < 4.78 is 58.5. The van der Waals surface area contributed by atoms with Crippen molar-refractivity contribution in [1.29, 1.82) is 0 Å². The number of aromatic nitrogens is 6. The molecule has 4 N–H and O–H groups in total. The molecule has 20 nitrogen and oxygen atoms in total. The molecule has 22 heteroatoms. The van der Waals surface area contributed by atoms with Crippen molar-refractivity contribution in [1.82, 2.24) is 33.6 Å². The number of para-hydroxylation sites is 2. The van der Waals surface area contributed by atoms with Gasteiger partial charge < -0.3 is 35.3 Å². The lowest BCUT2D eigenvalue weighted by atomic mass is 10.1. The molecule has 0 fully saturated rings. The van der Waals surface area contributed by atoms with Gasteiger partial charge in [-0.2, -0.15) is 0 Å². The Morgan fingerprint density at radius 3 is 1.33 bits per heavy atom. The normalized spacial score (nSPS) is 11.7. The highest BCUT2D eigenvalue weighted by Gasteiger charge is 2.36. The second-order valence-corrected chi connectivity index (χ2v) is 20.0. The Morgan fingerprint density at radius 1 is 0.500 bits per heavy atom. The first-order valence-electron chi connectivity index (χ1n) is 27.5. The van der Waals surface area contributed by atoms with Crippen molar-refractivity contribution >= 4 is 56.8 Å². The molecule has 4 amide bonds. The number of halogens is 2. The molecule has 0 radical (unpaired) electrons. The third-order valence-electron chi connectivity index (χ3n) is 14.6. The number of hydrogen-bond donors (Lipinski definition) is 3. The summed E-state index contributed by atoms with van der Waals surface area (Å²) in [5, 5.41) is 6.59. The Bertz CT molecular complexity index is 4620. The number of nitrogens with two attached hydrogens (primary N) is 1. The number of pyridine rings is 2. The molecule has 4 aromatic heterocycles. The highest BCUT2D eigenvalue weighted by Crippen LogP contribution is 2.35. The average Bonchev–Trinajstić information content (AvgIpc) is 1.74. The van der Waals surface area contributed by atoms with Gasteiger partial charge in [0.1, 0.15) is 34.1 Å². The van der Waals surface area contributed by atoms with Gasteiger partial charge >= 0.3 is 0 Å². The van der Waals surface area contributed by atoms with Gasteiger partial charge in [-0.1, -0.05) is 48.5 Å². The molecule has 1 aliphatic heterocycles. The summed E-state index contributed by atoms with van der Waals surface area (Å²) in [4.78, 5) is 89.7. The van der Waals surface area contributed by atoms with Crippen LogP contribution in [0.2, 0.25) is 0 Å². The molecule has 0 bridgehead atoms. The number of imide groups is 1. The van der Waals surface area contributed by atoms with Crippen LogP contribution in [0.5, 0.6) is 34.5 Å². The number of carbonyl (C=O) groups excluding carboxylic acids is 4. The lowest BCUT2D eigenvalue weighted by Crippen LogP contribution is -2.34. The van der Waals surface area contributed by atoms with Gasteiger partial charge in [-0.3, -0.25) is 53.0 Å². The summed E-state index contributed by atoms with van der Waals surface area (Å²) in [7, 11) is 3.11. The second-order valence-electron chi connectivity index (χ2n) is 20.0. The molecular formula is C66H54F2N10O10. The molecule has 5 heterocycles. The van der Waals surface area contributed by atoms with Crippen molar-refractivity contribution < 1.29 is 46.9 Å². The van der Waals surface area contributed by atoms with E-state index in [4.69, 9.17) is 24.7 Å². The lowest BCUT2D eigenvalue weighted by molar-refractivity contribution is 0.0645. The number of carbonyl (C=O) groups is 4. The maximum absolute atomic E-state index is 15.3. The molecule has 11 aromatic rings. The quantitative estimate of drug-likeness (QED) is 0.0720. The number of benzene rings is 7. The van der Waals surface area contributed by atoms with Crippen molar-refractivity contribution in [3.63, 3.8) is 0 Å². The summed E-state index contributed by atoms with van der Waals surface area (Å²) in [6.07, 6.45) is 3.10. The predicted octanol–water partition coefficient (Wildman–Crippen LogP) is 10.6. The van der Waals surface area contributed by atoms with Crippen molar-refractivity contribution in [2.45, 2.75) is 26.9 Å². The predicted molar refractivity (Wildman–Crippen MR) is 326 cm³/mol. The highest BCUT2D eigenvalue weighted by molar-refractivity contribution is 6.21. The molecule has 442 valence electrons. The highest BCUT2D eigenvalue weighted by atomic mass is 19.1. The lowest BCUT2D eigenvalue weighted by Gasteiger charge is -2.18. The molecule has 0 saturated heterocycles. The number of anilines is 2. The zero-order valence-electron chi connectivity index (χ0n) is 47.7. The standard InChI is InChI=1S/C37H28FN5O6.C29H26FN5O4/c1-22-33(34(44)40-23-12-15-32(29(38)20-23)49-31-16-17-39-30-21-25(48-2)13-14-28(30)31)37(47)43(24-8-4-3-5-9-24)42(22)19-18-41-35(45)26-10-6-7-11-27(26)36(41)46;1-18-27(29(37)35(34(18)15-13-31)20-6-4-3-5-7-20)28(36)33-19-8-11-26(23(30)16-19)39-25-12-14-32-24-17-21(38-2)9-10-22(24)25/h3-17,20-21H,18-19H2,1-2H3,(H,40,44);3-12,14,16-17H,13,15,31H2,1-2H3,(H,33,36). The largest absolute Gasteiger partial charge is 0.497 e. The number of hydrogen-bond acceptors (Lipinski definition) is 13. The van der Waals surface area contributed by atoms with E-state index in [-0.39, 0.29) is 53.6 Å². The van der Waals surface area contributed by atoms with Crippen molar-refractivity contribution in [3.8, 4) is 45.9 Å². The summed E-state index contributed by atoms with van der Waals surface area (Å²) in [6, 6.07) is 46.0. The first kappa shape index (κ1) is 58.3. The van der Waals surface area contributed by atoms with Gasteiger partial charge in [-0.15, -0.1) is 0 Å². The molecule has 0 aliphatic carbocycles. The molecule has 12 rings (SSSR count). The average molecular weight is 1190 g/mol. The molecule has 0 saturated carbocycles. The number of fused-ring (bicyclic) bond motifs is 3. The first-order valence-corrected chi connectivity index (χ1v) is 27.5. The van der Waals surface area contributed by atoms with Crippen LogP contribution in [-0.2, 0) is 13.1 Å². The van der Waals surface area contributed by atoms with Crippen LogP contribution in [-0.4, -0.2) is 84.5 Å². The third-order valence-corrected chi connectivity index (χ3v) is 14.6. The van der Waals surface area contributed by atoms with Gasteiger partial charge in [0.05, 0.1) is 72.2 Å². The number of rotatable bonds is 17. The minimum Gasteiger partial charge on any atom is -0.497 e. The topological polar surface area (TPSA) is 238 Å². The van der Waals surface area contributed by atoms with Crippen LogP contribution in [0.15, 0.2) is 192 Å². The van der Waals surface area contributed by atoms with Gasteiger partial charge in [-0.25, -0.2) is 18.1 Å². The van der Waals surface area contributed by atoms with Gasteiger partial charge in [0.2, 0.25) is 0 Å². The summed E-state index contributed by atoms with van der Waals surface area (Å²) in [5.41, 5.74) is 8.40. The monoisotopic (exact) mass is 1180 g/mol. The Morgan fingerprint density at radius 2 is 0.920 bits per heavy atom. The van der Waals surface area contributed by atoms with E-state index < -0.39 is 46.4 Å². The molecule has 88 heavy (non-hydrogen) atoms. The van der Waals surface area contributed by atoms with Crippen LogP contribution >= 0.6 is 0 Å². The van der Waals surface area contributed by atoms with Crippen LogP contribution in [0.1, 0.15) is 52.8 Å². The van der Waals surface area contributed by atoms with E-state index in [1.54, 1.807) is 177 Å². The molecule has 0 spiro atoms. The van der Waals surface area contributed by atoms with Crippen molar-refractivity contribution in [2.24, 2.45) is 5.73 Å². The smallest absolute Gasteiger partial charge is 0.284 e. The maximum Gasteiger partial charge on any atom is 0.284 e. The number of amides is 4. The van der Waals surface area contributed by atoms with Crippen LogP contribution < -0.4 is 46.4 Å². The number of ether oxygens (including phenoxy) is 4. The maximum atomic E-state index is 15.3. The fraction of sp³-hybridized carbons (Fsp3) is 0.121. The van der Waals surface area contributed by atoms with Gasteiger partial charge in [-0.05, 0) is 111 Å². The van der Waals surface area contributed by atoms with Gasteiger partial charge in [0.25, 0.3) is 34.7 Å². The van der Waals surface area contributed by atoms with Crippen molar-refractivity contribution in [2.75, 3.05) is 37.9 Å². The van der Waals surface area contributed by atoms with Crippen LogP contribution in [0, 0.1) is 25.5 Å². The summed E-state index contributed by atoms with van der Waals surface area (Å²) in [6.45, 7) is 3.88.